The van der Waals surface area contributed by atoms with Gasteiger partial charge >= 0.3 is 0 Å². The summed E-state index contributed by atoms with van der Waals surface area (Å²) in [5.74, 6) is 0.788. The van der Waals surface area contributed by atoms with Gasteiger partial charge in [-0.1, -0.05) is 19.9 Å². The van der Waals surface area contributed by atoms with Crippen LogP contribution in [0.1, 0.15) is 44.2 Å². The van der Waals surface area contributed by atoms with Crippen molar-refractivity contribution in [2.75, 3.05) is 25.0 Å². The van der Waals surface area contributed by atoms with Crippen LogP contribution in [0.25, 0.3) is 0 Å². The molecule has 0 spiro atoms. The van der Waals surface area contributed by atoms with E-state index in [1.165, 1.54) is 57.4 Å². The molecule has 2 nitrogen and oxygen atoms in total. The van der Waals surface area contributed by atoms with E-state index in [-0.39, 0.29) is 0 Å². The molecule has 1 saturated heterocycles. The molecule has 2 heteroatoms. The van der Waals surface area contributed by atoms with E-state index in [4.69, 9.17) is 0 Å². The first-order valence-corrected chi connectivity index (χ1v) is 8.31. The van der Waals surface area contributed by atoms with Crippen LogP contribution in [0.4, 0.5) is 5.69 Å². The standard InChI is InChI=1S/C18H28N2/c1-14(2)13-20-10-8-17(9-11-20)19-18-7-6-15-4-3-5-16(15)12-18/h6-7,12,14,17,19H,3-5,8-11,13H2,1-2H3. The van der Waals surface area contributed by atoms with Crippen molar-refractivity contribution in [2.45, 2.75) is 52.0 Å². The van der Waals surface area contributed by atoms with Gasteiger partial charge < -0.3 is 10.2 Å². The predicted molar refractivity (Wildman–Crippen MR) is 86.4 cm³/mol. The highest BCUT2D eigenvalue weighted by atomic mass is 15.1. The van der Waals surface area contributed by atoms with Gasteiger partial charge in [0, 0.05) is 31.4 Å². The lowest BCUT2D eigenvalue weighted by Crippen LogP contribution is -2.40. The van der Waals surface area contributed by atoms with Gasteiger partial charge in [-0.3, -0.25) is 0 Å². The summed E-state index contributed by atoms with van der Waals surface area (Å²) in [6.07, 6.45) is 6.46. The number of fused-ring (bicyclic) bond motifs is 1. The van der Waals surface area contributed by atoms with Gasteiger partial charge in [0.1, 0.15) is 0 Å². The summed E-state index contributed by atoms with van der Waals surface area (Å²) in [6.45, 7) is 8.39. The number of hydrogen-bond acceptors (Lipinski definition) is 2. The summed E-state index contributed by atoms with van der Waals surface area (Å²) in [5, 5.41) is 3.76. The van der Waals surface area contributed by atoms with E-state index in [2.05, 4.69) is 42.3 Å². The summed E-state index contributed by atoms with van der Waals surface area (Å²) in [7, 11) is 0. The highest BCUT2D eigenvalue weighted by molar-refractivity contribution is 5.50. The van der Waals surface area contributed by atoms with Crippen LogP contribution < -0.4 is 5.32 Å². The number of anilines is 1. The van der Waals surface area contributed by atoms with Gasteiger partial charge in [-0.05, 0) is 61.3 Å². The highest BCUT2D eigenvalue weighted by Crippen LogP contribution is 2.26. The Bertz CT molecular complexity index is 445. The first-order chi connectivity index (χ1) is 9.70. The van der Waals surface area contributed by atoms with E-state index in [1.54, 1.807) is 11.1 Å². The summed E-state index contributed by atoms with van der Waals surface area (Å²) in [5.41, 5.74) is 4.49. The topological polar surface area (TPSA) is 15.3 Å². The predicted octanol–water partition coefficient (Wildman–Crippen LogP) is 3.71. The molecular formula is C18H28N2. The van der Waals surface area contributed by atoms with Crippen molar-refractivity contribution in [2.24, 2.45) is 5.92 Å². The molecule has 0 aromatic heterocycles. The maximum Gasteiger partial charge on any atom is 0.0345 e. The minimum absolute atomic E-state index is 0.665. The quantitative estimate of drug-likeness (QED) is 0.899. The third-order valence-electron chi connectivity index (χ3n) is 4.68. The van der Waals surface area contributed by atoms with Gasteiger partial charge in [-0.25, -0.2) is 0 Å². The molecule has 0 saturated carbocycles. The molecule has 2 aliphatic rings. The second-order valence-corrected chi connectivity index (χ2v) is 6.95. The monoisotopic (exact) mass is 272 g/mol. The Morgan fingerprint density at radius 1 is 1.15 bits per heavy atom. The molecule has 0 radical (unpaired) electrons. The zero-order valence-electron chi connectivity index (χ0n) is 13.0. The molecule has 0 bridgehead atoms. The fourth-order valence-corrected chi connectivity index (χ4v) is 3.67. The lowest BCUT2D eigenvalue weighted by atomic mass is 10.0. The van der Waals surface area contributed by atoms with E-state index in [0.29, 0.717) is 6.04 Å². The zero-order chi connectivity index (χ0) is 13.9. The van der Waals surface area contributed by atoms with Crippen molar-refractivity contribution in [3.05, 3.63) is 29.3 Å². The van der Waals surface area contributed by atoms with Crippen molar-refractivity contribution in [1.82, 2.24) is 4.90 Å². The lowest BCUT2D eigenvalue weighted by molar-refractivity contribution is 0.198. The highest BCUT2D eigenvalue weighted by Gasteiger charge is 2.20. The van der Waals surface area contributed by atoms with Crippen LogP contribution >= 0.6 is 0 Å². The van der Waals surface area contributed by atoms with Crippen molar-refractivity contribution in [1.29, 1.82) is 0 Å². The van der Waals surface area contributed by atoms with E-state index < -0.39 is 0 Å². The Hall–Kier alpha value is -1.02. The van der Waals surface area contributed by atoms with Crippen molar-refractivity contribution < 1.29 is 0 Å². The van der Waals surface area contributed by atoms with E-state index in [1.807, 2.05) is 0 Å². The Labute approximate surface area is 123 Å². The fourth-order valence-electron chi connectivity index (χ4n) is 3.67. The molecular weight excluding hydrogens is 244 g/mol. The van der Waals surface area contributed by atoms with Crippen molar-refractivity contribution >= 4 is 5.69 Å². The summed E-state index contributed by atoms with van der Waals surface area (Å²) < 4.78 is 0. The first kappa shape index (κ1) is 13.9. The van der Waals surface area contributed by atoms with Crippen molar-refractivity contribution in [3.8, 4) is 0 Å². The number of hydrogen-bond donors (Lipinski definition) is 1. The number of nitrogens with zero attached hydrogens (tertiary/aromatic N) is 1. The van der Waals surface area contributed by atoms with Crippen LogP contribution in [-0.2, 0) is 12.8 Å². The summed E-state index contributed by atoms with van der Waals surface area (Å²) >= 11 is 0. The molecule has 110 valence electrons. The fraction of sp³-hybridized carbons (Fsp3) is 0.667. The largest absolute Gasteiger partial charge is 0.382 e. The maximum atomic E-state index is 3.76. The molecule has 0 atom stereocenters. The first-order valence-electron chi connectivity index (χ1n) is 8.31. The number of rotatable bonds is 4. The van der Waals surface area contributed by atoms with Crippen LogP contribution in [0.15, 0.2) is 18.2 Å². The number of benzene rings is 1. The second kappa shape index (κ2) is 6.17. The molecule has 3 rings (SSSR count). The van der Waals surface area contributed by atoms with Gasteiger partial charge in [0.15, 0.2) is 0 Å². The Morgan fingerprint density at radius 3 is 2.65 bits per heavy atom. The van der Waals surface area contributed by atoms with E-state index >= 15 is 0 Å². The van der Waals surface area contributed by atoms with Crippen LogP contribution in [-0.4, -0.2) is 30.6 Å². The minimum Gasteiger partial charge on any atom is -0.382 e. The molecule has 1 aromatic rings. The zero-order valence-corrected chi connectivity index (χ0v) is 13.0. The average Bonchev–Trinajstić information content (AvgIpc) is 2.88. The molecule has 1 heterocycles. The molecule has 1 aliphatic heterocycles. The normalized spacial score (nSPS) is 20.4. The third-order valence-corrected chi connectivity index (χ3v) is 4.68. The molecule has 1 N–H and O–H groups in total. The Kier molecular flexibility index (Phi) is 4.30. The summed E-state index contributed by atoms with van der Waals surface area (Å²) in [4.78, 5) is 2.62. The second-order valence-electron chi connectivity index (χ2n) is 6.95. The Balaban J connectivity index is 1.52. The average molecular weight is 272 g/mol. The van der Waals surface area contributed by atoms with Crippen molar-refractivity contribution in [3.63, 3.8) is 0 Å². The number of piperidine rings is 1. The molecule has 1 aliphatic carbocycles. The molecule has 20 heavy (non-hydrogen) atoms. The van der Waals surface area contributed by atoms with Gasteiger partial charge in [0.2, 0.25) is 0 Å². The molecule has 1 aromatic carbocycles. The molecule has 1 fully saturated rings. The number of nitrogens with one attached hydrogen (secondary N) is 1. The number of aryl methyl sites for hydroxylation is 2. The minimum atomic E-state index is 0.665. The van der Waals surface area contributed by atoms with Crippen LogP contribution in [0.3, 0.4) is 0 Å². The van der Waals surface area contributed by atoms with Gasteiger partial charge in [-0.15, -0.1) is 0 Å². The molecule has 0 unspecified atom stereocenters. The van der Waals surface area contributed by atoms with Crippen LogP contribution in [0.2, 0.25) is 0 Å². The van der Waals surface area contributed by atoms with E-state index in [0.717, 1.165) is 5.92 Å². The third kappa shape index (κ3) is 3.35. The smallest absolute Gasteiger partial charge is 0.0345 e. The SMILES string of the molecule is CC(C)CN1CCC(Nc2ccc3c(c2)CCC3)CC1. The van der Waals surface area contributed by atoms with Gasteiger partial charge in [0.25, 0.3) is 0 Å². The Morgan fingerprint density at radius 2 is 1.90 bits per heavy atom. The van der Waals surface area contributed by atoms with Crippen LogP contribution in [0, 0.1) is 5.92 Å². The maximum absolute atomic E-state index is 3.76. The summed E-state index contributed by atoms with van der Waals surface area (Å²) in [6, 6.07) is 7.67. The van der Waals surface area contributed by atoms with Gasteiger partial charge in [-0.2, -0.15) is 0 Å². The van der Waals surface area contributed by atoms with Gasteiger partial charge in [0.05, 0.1) is 0 Å². The van der Waals surface area contributed by atoms with Crippen LogP contribution in [0.5, 0.6) is 0 Å². The lowest BCUT2D eigenvalue weighted by Gasteiger charge is -2.33. The van der Waals surface area contributed by atoms with E-state index in [9.17, 15) is 0 Å². The number of likely N-dealkylation sites (tertiary alicyclic amines) is 1. The molecule has 0 amide bonds.